The zero-order valence-electron chi connectivity index (χ0n) is 9.87. The van der Waals surface area contributed by atoms with Crippen LogP contribution in [-0.4, -0.2) is 11.8 Å². The maximum Gasteiger partial charge on any atom is 0.164 e. The van der Waals surface area contributed by atoms with Crippen molar-refractivity contribution in [3.63, 3.8) is 0 Å². The van der Waals surface area contributed by atoms with E-state index in [1.807, 2.05) is 37.3 Å². The zero-order valence-corrected chi connectivity index (χ0v) is 9.87. The lowest BCUT2D eigenvalue weighted by Gasteiger charge is -2.27. The van der Waals surface area contributed by atoms with Gasteiger partial charge in [0.15, 0.2) is 11.8 Å². The van der Waals surface area contributed by atoms with Crippen LogP contribution in [0.2, 0.25) is 0 Å². The topological polar surface area (TPSA) is 0 Å². The molecular weight excluding hydrogens is 218 g/mol. The van der Waals surface area contributed by atoms with Crippen LogP contribution < -0.4 is 0 Å². The van der Waals surface area contributed by atoms with Crippen molar-refractivity contribution < 1.29 is 8.78 Å². The van der Waals surface area contributed by atoms with Gasteiger partial charge in [-0.1, -0.05) is 49.8 Å². The summed E-state index contributed by atoms with van der Waals surface area (Å²) in [4.78, 5) is 0. The first-order chi connectivity index (χ1) is 8.15. The summed E-state index contributed by atoms with van der Waals surface area (Å²) in [6, 6.07) is 9.48. The van der Waals surface area contributed by atoms with Crippen LogP contribution in [0.3, 0.4) is 0 Å². The lowest BCUT2D eigenvalue weighted by atomic mass is 9.86. The Morgan fingerprint density at radius 1 is 1.24 bits per heavy atom. The summed E-state index contributed by atoms with van der Waals surface area (Å²) in [6.07, 6.45) is 3.73. The number of hydrogen-bond donors (Lipinski definition) is 0. The van der Waals surface area contributed by atoms with Gasteiger partial charge in [-0.2, -0.15) is 0 Å². The van der Waals surface area contributed by atoms with E-state index in [-0.39, 0.29) is 6.42 Å². The van der Waals surface area contributed by atoms with Crippen LogP contribution in [0.4, 0.5) is 8.78 Å². The van der Waals surface area contributed by atoms with Crippen molar-refractivity contribution in [2.24, 2.45) is 0 Å². The molecule has 1 aromatic rings. The van der Waals surface area contributed by atoms with Gasteiger partial charge in [0.1, 0.15) is 0 Å². The van der Waals surface area contributed by atoms with Crippen molar-refractivity contribution in [1.82, 2.24) is 0 Å². The standard InChI is InChI=1S/C15H16F2/c1-2-9-15(17)10-8-13(11-14(15)16)12-6-4-3-5-7-12/h3-8,10-11,14H,2,9H2,1H3/t14-,15+/m0/s1. The summed E-state index contributed by atoms with van der Waals surface area (Å²) in [7, 11) is 0. The highest BCUT2D eigenvalue weighted by molar-refractivity contribution is 5.76. The fraction of sp³-hybridized carbons (Fsp3) is 0.333. The summed E-state index contributed by atoms with van der Waals surface area (Å²) in [5.74, 6) is 0. The van der Waals surface area contributed by atoms with E-state index in [0.29, 0.717) is 6.42 Å². The average molecular weight is 234 g/mol. The number of alkyl halides is 2. The van der Waals surface area contributed by atoms with Gasteiger partial charge < -0.3 is 0 Å². The van der Waals surface area contributed by atoms with Crippen molar-refractivity contribution in [3.05, 3.63) is 54.1 Å². The van der Waals surface area contributed by atoms with Crippen LogP contribution in [0.5, 0.6) is 0 Å². The number of rotatable bonds is 3. The lowest BCUT2D eigenvalue weighted by Crippen LogP contribution is -2.33. The Morgan fingerprint density at radius 3 is 2.53 bits per heavy atom. The first-order valence-corrected chi connectivity index (χ1v) is 5.95. The molecule has 2 heteroatoms. The number of halogens is 2. The third-order valence-electron chi connectivity index (χ3n) is 3.06. The average Bonchev–Trinajstić information content (AvgIpc) is 2.34. The van der Waals surface area contributed by atoms with Crippen LogP contribution in [-0.2, 0) is 0 Å². The molecule has 90 valence electrons. The SMILES string of the molecule is CCC[C@@]1(F)C=CC(c2ccccc2)=C[C@@H]1F. The molecule has 2 rings (SSSR count). The lowest BCUT2D eigenvalue weighted by molar-refractivity contribution is 0.114. The molecule has 2 atom stereocenters. The van der Waals surface area contributed by atoms with Crippen molar-refractivity contribution in [2.75, 3.05) is 0 Å². The maximum atomic E-state index is 14.1. The minimum atomic E-state index is -1.83. The molecule has 1 aliphatic carbocycles. The second-order valence-corrected chi connectivity index (χ2v) is 4.40. The van der Waals surface area contributed by atoms with Gasteiger partial charge in [-0.05, 0) is 29.7 Å². The highest BCUT2D eigenvalue weighted by atomic mass is 19.2. The Bertz CT molecular complexity index is 433. The molecule has 0 aliphatic heterocycles. The van der Waals surface area contributed by atoms with Crippen LogP contribution in [0, 0.1) is 0 Å². The molecule has 0 unspecified atom stereocenters. The zero-order chi connectivity index (χ0) is 12.3. The summed E-state index contributed by atoms with van der Waals surface area (Å²) in [6.45, 7) is 1.86. The molecule has 0 spiro atoms. The first kappa shape index (κ1) is 12.0. The van der Waals surface area contributed by atoms with E-state index < -0.39 is 11.8 Å². The van der Waals surface area contributed by atoms with Gasteiger partial charge in [0.05, 0.1) is 0 Å². The van der Waals surface area contributed by atoms with E-state index >= 15 is 0 Å². The van der Waals surface area contributed by atoms with E-state index in [1.165, 1.54) is 12.2 Å². The molecule has 0 aromatic heterocycles. The highest BCUT2D eigenvalue weighted by Crippen LogP contribution is 2.35. The van der Waals surface area contributed by atoms with E-state index in [2.05, 4.69) is 0 Å². The van der Waals surface area contributed by atoms with E-state index in [0.717, 1.165) is 11.1 Å². The van der Waals surface area contributed by atoms with Gasteiger partial charge in [-0.3, -0.25) is 0 Å². The molecule has 0 N–H and O–H groups in total. The minimum Gasteiger partial charge on any atom is -0.239 e. The monoisotopic (exact) mass is 234 g/mol. The summed E-state index contributed by atoms with van der Waals surface area (Å²) < 4.78 is 28.0. The molecule has 0 fully saturated rings. The van der Waals surface area contributed by atoms with Crippen molar-refractivity contribution in [2.45, 2.75) is 31.6 Å². The van der Waals surface area contributed by atoms with Crippen molar-refractivity contribution >= 4 is 5.57 Å². The molecule has 0 radical (unpaired) electrons. The van der Waals surface area contributed by atoms with Crippen LogP contribution in [0.15, 0.2) is 48.6 Å². The molecule has 0 bridgehead atoms. The fourth-order valence-electron chi connectivity index (χ4n) is 2.10. The van der Waals surface area contributed by atoms with Crippen molar-refractivity contribution in [1.29, 1.82) is 0 Å². The fourth-order valence-corrected chi connectivity index (χ4v) is 2.10. The second kappa shape index (κ2) is 4.82. The van der Waals surface area contributed by atoms with Gasteiger partial charge in [0.2, 0.25) is 0 Å². The second-order valence-electron chi connectivity index (χ2n) is 4.40. The van der Waals surface area contributed by atoms with Gasteiger partial charge in [-0.25, -0.2) is 8.78 Å². The quantitative estimate of drug-likeness (QED) is 0.723. The van der Waals surface area contributed by atoms with Crippen molar-refractivity contribution in [3.8, 4) is 0 Å². The summed E-state index contributed by atoms with van der Waals surface area (Å²) in [5, 5.41) is 0. The summed E-state index contributed by atoms with van der Waals surface area (Å²) >= 11 is 0. The maximum absolute atomic E-state index is 14.1. The van der Waals surface area contributed by atoms with E-state index in [9.17, 15) is 8.78 Å². The third kappa shape index (κ3) is 2.46. The Labute approximate surface area is 101 Å². The molecule has 0 saturated heterocycles. The Morgan fingerprint density at radius 2 is 1.94 bits per heavy atom. The van der Waals surface area contributed by atoms with E-state index in [1.54, 1.807) is 6.08 Å². The van der Waals surface area contributed by atoms with Gasteiger partial charge in [0, 0.05) is 0 Å². The number of allylic oxidation sites excluding steroid dienone is 4. The first-order valence-electron chi connectivity index (χ1n) is 5.95. The number of hydrogen-bond acceptors (Lipinski definition) is 0. The largest absolute Gasteiger partial charge is 0.239 e. The van der Waals surface area contributed by atoms with Crippen LogP contribution >= 0.6 is 0 Å². The molecular formula is C15H16F2. The normalized spacial score (nSPS) is 27.9. The molecule has 0 amide bonds. The predicted octanol–water partition coefficient (Wildman–Crippen LogP) is 4.49. The Hall–Kier alpha value is -1.44. The predicted molar refractivity (Wildman–Crippen MR) is 67.2 cm³/mol. The molecule has 1 aliphatic rings. The molecule has 0 nitrogen and oxygen atoms in total. The molecule has 0 saturated carbocycles. The smallest absolute Gasteiger partial charge is 0.164 e. The molecule has 17 heavy (non-hydrogen) atoms. The van der Waals surface area contributed by atoms with Crippen LogP contribution in [0.1, 0.15) is 25.3 Å². The van der Waals surface area contributed by atoms with Gasteiger partial charge in [0.25, 0.3) is 0 Å². The van der Waals surface area contributed by atoms with Crippen LogP contribution in [0.25, 0.3) is 5.57 Å². The van der Waals surface area contributed by atoms with E-state index in [4.69, 9.17) is 0 Å². The third-order valence-corrected chi connectivity index (χ3v) is 3.06. The molecule has 1 aromatic carbocycles. The number of benzene rings is 1. The minimum absolute atomic E-state index is 0.225. The summed E-state index contributed by atoms with van der Waals surface area (Å²) in [5.41, 5.74) is -0.153. The van der Waals surface area contributed by atoms with Gasteiger partial charge in [-0.15, -0.1) is 0 Å². The Kier molecular flexibility index (Phi) is 3.41. The highest BCUT2D eigenvalue weighted by Gasteiger charge is 2.37. The molecule has 0 heterocycles. The Balaban J connectivity index is 2.24. The van der Waals surface area contributed by atoms with Gasteiger partial charge >= 0.3 is 0 Å².